The molecule has 1 rings (SSSR count). The highest BCUT2D eigenvalue weighted by molar-refractivity contribution is 5.87. The summed E-state index contributed by atoms with van der Waals surface area (Å²) in [5.74, 6) is 0.0125. The first-order chi connectivity index (χ1) is 11.3. The van der Waals surface area contributed by atoms with Crippen LogP contribution < -0.4 is 4.74 Å². The molecule has 0 aliphatic rings. The summed E-state index contributed by atoms with van der Waals surface area (Å²) in [6.45, 7) is 6.18. The zero-order chi connectivity index (χ0) is 18.0. The first-order valence-corrected chi connectivity index (χ1v) is 8.21. The molecule has 134 valence electrons. The summed E-state index contributed by atoms with van der Waals surface area (Å²) < 4.78 is 15.4. The van der Waals surface area contributed by atoms with Crippen LogP contribution in [0.1, 0.15) is 63.4 Å². The number of esters is 2. The van der Waals surface area contributed by atoms with Gasteiger partial charge in [0, 0.05) is 6.42 Å². The second-order valence-electron chi connectivity index (χ2n) is 6.47. The smallest absolute Gasteiger partial charge is 0.356 e. The average molecular weight is 337 g/mol. The predicted molar refractivity (Wildman–Crippen MR) is 90.0 cm³/mol. The third-order valence-electron chi connectivity index (χ3n) is 3.09. The Morgan fingerprint density at radius 1 is 1.08 bits per heavy atom. The Bertz CT molecular complexity index is 519. The van der Waals surface area contributed by atoms with E-state index in [9.17, 15) is 9.59 Å². The van der Waals surface area contributed by atoms with Crippen molar-refractivity contribution < 1.29 is 23.8 Å². The second kappa shape index (κ2) is 9.90. The molecule has 0 saturated carbocycles. The molecular formula is C18H27NO5. The van der Waals surface area contributed by atoms with Crippen molar-refractivity contribution in [1.29, 1.82) is 0 Å². The van der Waals surface area contributed by atoms with E-state index in [1.54, 1.807) is 12.1 Å². The zero-order valence-corrected chi connectivity index (χ0v) is 15.0. The molecule has 0 amide bonds. The van der Waals surface area contributed by atoms with Gasteiger partial charge in [0.25, 0.3) is 0 Å². The predicted octanol–water partition coefficient (Wildman–Crippen LogP) is 3.54. The van der Waals surface area contributed by atoms with Gasteiger partial charge in [-0.2, -0.15) is 0 Å². The van der Waals surface area contributed by atoms with Crippen LogP contribution >= 0.6 is 0 Å². The fourth-order valence-corrected chi connectivity index (χ4v) is 2.00. The van der Waals surface area contributed by atoms with Crippen LogP contribution in [0.3, 0.4) is 0 Å². The third kappa shape index (κ3) is 8.50. The molecule has 24 heavy (non-hydrogen) atoms. The summed E-state index contributed by atoms with van der Waals surface area (Å²) in [6.07, 6.45) is 5.63. The van der Waals surface area contributed by atoms with Gasteiger partial charge in [0.1, 0.15) is 17.0 Å². The van der Waals surface area contributed by atoms with Gasteiger partial charge in [0.15, 0.2) is 0 Å². The van der Waals surface area contributed by atoms with E-state index < -0.39 is 11.6 Å². The van der Waals surface area contributed by atoms with E-state index in [4.69, 9.17) is 9.47 Å². The molecule has 6 heteroatoms. The SMILES string of the molecule is COC(=O)c1ccc(OCCCCCCC(=O)OC(C)(C)C)cn1. The average Bonchev–Trinajstić information content (AvgIpc) is 2.52. The van der Waals surface area contributed by atoms with Gasteiger partial charge in [0.2, 0.25) is 0 Å². The van der Waals surface area contributed by atoms with E-state index >= 15 is 0 Å². The van der Waals surface area contributed by atoms with Crippen molar-refractivity contribution in [3.05, 3.63) is 24.0 Å². The Kier molecular flexibility index (Phi) is 8.22. The number of carbonyl (C=O) groups is 2. The van der Waals surface area contributed by atoms with E-state index in [0.29, 0.717) is 18.8 Å². The summed E-state index contributed by atoms with van der Waals surface area (Å²) in [7, 11) is 1.32. The zero-order valence-electron chi connectivity index (χ0n) is 15.0. The molecule has 0 fully saturated rings. The van der Waals surface area contributed by atoms with Crippen LogP contribution in [0.5, 0.6) is 5.75 Å². The van der Waals surface area contributed by atoms with Crippen molar-refractivity contribution in [2.75, 3.05) is 13.7 Å². The molecule has 0 radical (unpaired) electrons. The maximum atomic E-state index is 11.5. The van der Waals surface area contributed by atoms with Gasteiger partial charge in [-0.3, -0.25) is 4.79 Å². The molecule has 0 spiro atoms. The van der Waals surface area contributed by atoms with E-state index in [0.717, 1.165) is 25.7 Å². The fourth-order valence-electron chi connectivity index (χ4n) is 2.00. The van der Waals surface area contributed by atoms with E-state index in [-0.39, 0.29) is 11.7 Å². The summed E-state index contributed by atoms with van der Waals surface area (Å²) >= 11 is 0. The number of hydrogen-bond donors (Lipinski definition) is 0. The topological polar surface area (TPSA) is 74.7 Å². The van der Waals surface area contributed by atoms with Gasteiger partial charge in [0.05, 0.1) is 19.9 Å². The minimum absolute atomic E-state index is 0.143. The number of nitrogens with zero attached hydrogens (tertiary/aromatic N) is 1. The Balaban J connectivity index is 2.10. The molecule has 6 nitrogen and oxygen atoms in total. The summed E-state index contributed by atoms with van der Waals surface area (Å²) in [5.41, 5.74) is -0.158. The maximum absolute atomic E-state index is 11.5. The van der Waals surface area contributed by atoms with Crippen LogP contribution in [-0.4, -0.2) is 36.2 Å². The van der Waals surface area contributed by atoms with Crippen LogP contribution in [0.15, 0.2) is 18.3 Å². The Hall–Kier alpha value is -2.11. The molecule has 1 aromatic heterocycles. The molecule has 1 heterocycles. The fraction of sp³-hybridized carbons (Fsp3) is 0.611. The summed E-state index contributed by atoms with van der Waals surface area (Å²) in [4.78, 5) is 26.8. The van der Waals surface area contributed by atoms with Gasteiger partial charge < -0.3 is 14.2 Å². The quantitative estimate of drug-likeness (QED) is 0.507. The number of ether oxygens (including phenoxy) is 3. The van der Waals surface area contributed by atoms with E-state index in [1.807, 2.05) is 20.8 Å². The Morgan fingerprint density at radius 3 is 2.38 bits per heavy atom. The highest BCUT2D eigenvalue weighted by atomic mass is 16.6. The van der Waals surface area contributed by atoms with Crippen LogP contribution in [-0.2, 0) is 14.3 Å². The minimum atomic E-state index is -0.466. The second-order valence-corrected chi connectivity index (χ2v) is 6.47. The monoisotopic (exact) mass is 337 g/mol. The Morgan fingerprint density at radius 2 is 1.79 bits per heavy atom. The number of unbranched alkanes of at least 4 members (excludes halogenated alkanes) is 3. The summed E-state index contributed by atoms with van der Waals surface area (Å²) in [5, 5.41) is 0. The van der Waals surface area contributed by atoms with E-state index in [1.165, 1.54) is 13.3 Å². The highest BCUT2D eigenvalue weighted by Crippen LogP contribution is 2.13. The highest BCUT2D eigenvalue weighted by Gasteiger charge is 2.15. The van der Waals surface area contributed by atoms with Gasteiger partial charge in [-0.1, -0.05) is 12.8 Å². The molecule has 0 aromatic carbocycles. The van der Waals surface area contributed by atoms with Crippen LogP contribution in [0.2, 0.25) is 0 Å². The van der Waals surface area contributed by atoms with Crippen molar-refractivity contribution in [1.82, 2.24) is 4.98 Å². The number of hydrogen-bond acceptors (Lipinski definition) is 6. The van der Waals surface area contributed by atoms with Crippen molar-refractivity contribution in [2.24, 2.45) is 0 Å². The number of methoxy groups -OCH3 is 1. The number of pyridine rings is 1. The lowest BCUT2D eigenvalue weighted by molar-refractivity contribution is -0.154. The molecule has 0 bridgehead atoms. The maximum Gasteiger partial charge on any atom is 0.356 e. The molecule has 0 unspecified atom stereocenters. The molecule has 0 saturated heterocycles. The largest absolute Gasteiger partial charge is 0.492 e. The lowest BCUT2D eigenvalue weighted by Gasteiger charge is -2.19. The normalized spacial score (nSPS) is 11.0. The minimum Gasteiger partial charge on any atom is -0.492 e. The van der Waals surface area contributed by atoms with Gasteiger partial charge in [-0.15, -0.1) is 0 Å². The van der Waals surface area contributed by atoms with Crippen molar-refractivity contribution in [3.63, 3.8) is 0 Å². The van der Waals surface area contributed by atoms with Crippen LogP contribution in [0, 0.1) is 0 Å². The summed E-state index contributed by atoms with van der Waals surface area (Å²) in [6, 6.07) is 3.27. The van der Waals surface area contributed by atoms with E-state index in [2.05, 4.69) is 9.72 Å². The number of aromatic nitrogens is 1. The number of rotatable bonds is 9. The van der Waals surface area contributed by atoms with Gasteiger partial charge in [-0.25, -0.2) is 9.78 Å². The molecule has 1 aromatic rings. The van der Waals surface area contributed by atoms with Crippen LogP contribution in [0.25, 0.3) is 0 Å². The third-order valence-corrected chi connectivity index (χ3v) is 3.09. The first-order valence-electron chi connectivity index (χ1n) is 8.21. The molecule has 0 aliphatic carbocycles. The van der Waals surface area contributed by atoms with Gasteiger partial charge >= 0.3 is 11.9 Å². The number of carbonyl (C=O) groups excluding carboxylic acids is 2. The first kappa shape index (κ1) is 19.9. The van der Waals surface area contributed by atoms with Gasteiger partial charge in [-0.05, 0) is 45.7 Å². The van der Waals surface area contributed by atoms with Crippen LogP contribution in [0.4, 0.5) is 0 Å². The molecule has 0 aliphatic heterocycles. The standard InChI is InChI=1S/C18H27NO5/c1-18(2,3)24-16(20)9-7-5-6-8-12-23-14-10-11-15(19-13-14)17(21)22-4/h10-11,13H,5-9,12H2,1-4H3. The van der Waals surface area contributed by atoms with Crippen molar-refractivity contribution in [2.45, 2.75) is 58.5 Å². The lowest BCUT2D eigenvalue weighted by atomic mass is 10.1. The lowest BCUT2D eigenvalue weighted by Crippen LogP contribution is -2.23. The Labute approximate surface area is 143 Å². The van der Waals surface area contributed by atoms with Crippen molar-refractivity contribution in [3.8, 4) is 5.75 Å². The molecule has 0 N–H and O–H groups in total. The van der Waals surface area contributed by atoms with Crippen molar-refractivity contribution >= 4 is 11.9 Å². The molecular weight excluding hydrogens is 310 g/mol. The molecule has 0 atom stereocenters.